The first-order valence-electron chi connectivity index (χ1n) is 3.05. The molecule has 0 unspecified atom stereocenters. The summed E-state index contributed by atoms with van der Waals surface area (Å²) in [5.41, 5.74) is 0.291. The van der Waals surface area contributed by atoms with Crippen LogP contribution >= 0.6 is 15.9 Å². The van der Waals surface area contributed by atoms with Crippen molar-refractivity contribution in [1.29, 1.82) is 0 Å². The second-order valence-corrected chi connectivity index (χ2v) is 2.90. The Morgan fingerprint density at radius 3 is 2.83 bits per heavy atom. The lowest BCUT2D eigenvalue weighted by atomic mass is 10.3. The van der Waals surface area contributed by atoms with Gasteiger partial charge < -0.3 is 5.11 Å². The van der Waals surface area contributed by atoms with E-state index >= 15 is 0 Å². The van der Waals surface area contributed by atoms with Crippen LogP contribution in [0.4, 0.5) is 5.69 Å². The van der Waals surface area contributed by atoms with E-state index in [4.69, 9.17) is 5.11 Å². The predicted molar refractivity (Wildman–Crippen MR) is 44.5 cm³/mol. The summed E-state index contributed by atoms with van der Waals surface area (Å²) in [6.45, 7) is -0.226. The Balaban J connectivity index is 3.12. The van der Waals surface area contributed by atoms with Crippen molar-refractivity contribution in [1.82, 2.24) is 4.98 Å². The second-order valence-electron chi connectivity index (χ2n) is 2.04. The maximum absolute atomic E-state index is 10.3. The molecule has 1 aromatic rings. The Hall–Kier alpha value is -1.01. The van der Waals surface area contributed by atoms with Crippen LogP contribution in [0.2, 0.25) is 0 Å². The van der Waals surface area contributed by atoms with Gasteiger partial charge in [0.25, 0.3) is 0 Å². The topological polar surface area (TPSA) is 76.3 Å². The third-order valence-corrected chi connectivity index (χ3v) is 1.88. The molecule has 0 fully saturated rings. The first kappa shape index (κ1) is 9.08. The molecule has 0 bridgehead atoms. The van der Waals surface area contributed by atoms with E-state index < -0.39 is 4.92 Å². The maximum atomic E-state index is 10.3. The van der Waals surface area contributed by atoms with Crippen LogP contribution in [-0.2, 0) is 6.61 Å². The van der Waals surface area contributed by atoms with Gasteiger partial charge >= 0.3 is 5.69 Å². The van der Waals surface area contributed by atoms with Crippen LogP contribution < -0.4 is 0 Å². The highest BCUT2D eigenvalue weighted by molar-refractivity contribution is 9.10. The Morgan fingerprint density at radius 1 is 1.75 bits per heavy atom. The molecule has 0 atom stereocenters. The van der Waals surface area contributed by atoms with Gasteiger partial charge in [-0.15, -0.1) is 0 Å². The van der Waals surface area contributed by atoms with Gasteiger partial charge in [0.15, 0.2) is 0 Å². The smallest absolute Gasteiger partial charge is 0.301 e. The van der Waals surface area contributed by atoms with E-state index in [0.717, 1.165) is 6.20 Å². The number of aromatic nitrogens is 1. The summed E-state index contributed by atoms with van der Waals surface area (Å²) in [6.07, 6.45) is 1.11. The molecule has 0 radical (unpaired) electrons. The molecule has 64 valence electrons. The Bertz CT molecular complexity index is 316. The van der Waals surface area contributed by atoms with Crippen molar-refractivity contribution < 1.29 is 10.0 Å². The van der Waals surface area contributed by atoms with Gasteiger partial charge in [-0.25, -0.2) is 0 Å². The summed E-state index contributed by atoms with van der Waals surface area (Å²) in [7, 11) is 0. The second kappa shape index (κ2) is 3.59. The molecular weight excluding hydrogens is 228 g/mol. The van der Waals surface area contributed by atoms with Crippen LogP contribution in [0, 0.1) is 10.1 Å². The average molecular weight is 233 g/mol. The molecule has 0 aromatic carbocycles. The van der Waals surface area contributed by atoms with Crippen LogP contribution in [0.5, 0.6) is 0 Å². The largest absolute Gasteiger partial charge is 0.390 e. The minimum absolute atomic E-state index is 0.104. The molecule has 0 saturated carbocycles. The summed E-state index contributed by atoms with van der Waals surface area (Å²) in [4.78, 5) is 13.4. The van der Waals surface area contributed by atoms with Crippen molar-refractivity contribution in [2.75, 3.05) is 0 Å². The summed E-state index contributed by atoms with van der Waals surface area (Å²) < 4.78 is 0.326. The number of aliphatic hydroxyl groups excluding tert-OH is 1. The standard InChI is InChI=1S/C6H5BrN2O3/c7-5-1-4(3-10)8-2-6(5)9(11)12/h1-2,10H,3H2. The minimum Gasteiger partial charge on any atom is -0.390 e. The van der Waals surface area contributed by atoms with Gasteiger partial charge in [0.2, 0.25) is 0 Å². The molecule has 0 aliphatic rings. The van der Waals surface area contributed by atoms with Crippen LogP contribution in [0.1, 0.15) is 5.69 Å². The highest BCUT2D eigenvalue weighted by Crippen LogP contribution is 2.23. The van der Waals surface area contributed by atoms with Gasteiger partial charge in [0, 0.05) is 0 Å². The van der Waals surface area contributed by atoms with E-state index in [1.807, 2.05) is 0 Å². The molecule has 0 aliphatic carbocycles. The number of hydrogen-bond donors (Lipinski definition) is 1. The number of rotatable bonds is 2. The van der Waals surface area contributed by atoms with Crippen molar-refractivity contribution in [2.24, 2.45) is 0 Å². The molecule has 0 saturated heterocycles. The monoisotopic (exact) mass is 232 g/mol. The molecule has 12 heavy (non-hydrogen) atoms. The number of halogens is 1. The van der Waals surface area contributed by atoms with Crippen LogP contribution in [0.25, 0.3) is 0 Å². The summed E-state index contributed by atoms with van der Waals surface area (Å²) >= 11 is 3.00. The zero-order chi connectivity index (χ0) is 9.14. The number of pyridine rings is 1. The van der Waals surface area contributed by atoms with Crippen molar-refractivity contribution in [3.8, 4) is 0 Å². The van der Waals surface area contributed by atoms with Crippen LogP contribution in [0.15, 0.2) is 16.7 Å². The first-order chi connectivity index (χ1) is 5.65. The van der Waals surface area contributed by atoms with E-state index in [-0.39, 0.29) is 12.3 Å². The Morgan fingerprint density at radius 2 is 2.42 bits per heavy atom. The SMILES string of the molecule is O=[N+]([O-])c1cnc(CO)cc1Br. The normalized spacial score (nSPS) is 9.83. The van der Waals surface area contributed by atoms with Crippen LogP contribution in [0.3, 0.4) is 0 Å². The molecule has 0 aliphatic heterocycles. The summed E-state index contributed by atoms with van der Waals surface area (Å²) in [5.74, 6) is 0. The van der Waals surface area contributed by atoms with Crippen molar-refractivity contribution >= 4 is 21.6 Å². The molecule has 1 rings (SSSR count). The van der Waals surface area contributed by atoms with E-state index in [1.54, 1.807) is 0 Å². The summed E-state index contributed by atoms with van der Waals surface area (Å²) in [5, 5.41) is 18.9. The third-order valence-electron chi connectivity index (χ3n) is 1.25. The lowest BCUT2D eigenvalue weighted by Crippen LogP contribution is -1.94. The zero-order valence-corrected chi connectivity index (χ0v) is 7.48. The quantitative estimate of drug-likeness (QED) is 0.615. The lowest BCUT2D eigenvalue weighted by Gasteiger charge is -1.96. The minimum atomic E-state index is -0.543. The molecule has 6 heteroatoms. The lowest BCUT2D eigenvalue weighted by molar-refractivity contribution is -0.386. The summed E-state index contributed by atoms with van der Waals surface area (Å²) in [6, 6.07) is 1.41. The zero-order valence-electron chi connectivity index (χ0n) is 5.90. The van der Waals surface area contributed by atoms with E-state index in [9.17, 15) is 10.1 Å². The number of hydrogen-bond acceptors (Lipinski definition) is 4. The number of nitro groups is 1. The fourth-order valence-corrected chi connectivity index (χ4v) is 1.20. The Labute approximate surface area is 76.3 Å². The van der Waals surface area contributed by atoms with E-state index in [0.29, 0.717) is 10.2 Å². The van der Waals surface area contributed by atoms with E-state index in [2.05, 4.69) is 20.9 Å². The number of aliphatic hydroxyl groups is 1. The van der Waals surface area contributed by atoms with Gasteiger partial charge in [-0.3, -0.25) is 15.1 Å². The predicted octanol–water partition coefficient (Wildman–Crippen LogP) is 1.24. The number of nitrogens with zero attached hydrogens (tertiary/aromatic N) is 2. The van der Waals surface area contributed by atoms with Crippen molar-refractivity contribution in [3.05, 3.63) is 32.5 Å². The molecular formula is C6H5BrN2O3. The molecule has 0 amide bonds. The van der Waals surface area contributed by atoms with Crippen LogP contribution in [-0.4, -0.2) is 15.0 Å². The van der Waals surface area contributed by atoms with Gasteiger partial charge in [0.1, 0.15) is 6.20 Å². The highest BCUT2D eigenvalue weighted by Gasteiger charge is 2.11. The van der Waals surface area contributed by atoms with Gasteiger partial charge in [-0.05, 0) is 22.0 Å². The van der Waals surface area contributed by atoms with Crippen molar-refractivity contribution in [2.45, 2.75) is 6.61 Å². The van der Waals surface area contributed by atoms with E-state index in [1.165, 1.54) is 6.07 Å². The highest BCUT2D eigenvalue weighted by atomic mass is 79.9. The molecule has 0 spiro atoms. The maximum Gasteiger partial charge on any atom is 0.301 e. The Kier molecular flexibility index (Phi) is 2.72. The van der Waals surface area contributed by atoms with Gasteiger partial charge in [-0.2, -0.15) is 0 Å². The molecule has 1 N–H and O–H groups in total. The third kappa shape index (κ3) is 1.77. The van der Waals surface area contributed by atoms with Gasteiger partial charge in [-0.1, -0.05) is 0 Å². The average Bonchev–Trinajstić information content (AvgIpc) is 2.03. The fraction of sp³-hybridized carbons (Fsp3) is 0.167. The fourth-order valence-electron chi connectivity index (χ4n) is 0.684. The molecule has 1 heterocycles. The first-order valence-corrected chi connectivity index (χ1v) is 3.84. The molecule has 5 nitrogen and oxygen atoms in total. The molecule has 1 aromatic heterocycles. The van der Waals surface area contributed by atoms with Gasteiger partial charge in [0.05, 0.1) is 21.7 Å². The van der Waals surface area contributed by atoms with Crippen molar-refractivity contribution in [3.63, 3.8) is 0 Å².